The van der Waals surface area contributed by atoms with Gasteiger partial charge < -0.3 is 14.9 Å². The summed E-state index contributed by atoms with van der Waals surface area (Å²) in [5.41, 5.74) is -0.933. The first-order valence-corrected chi connectivity index (χ1v) is 7.18. The number of imide groups is 1. The van der Waals surface area contributed by atoms with Crippen molar-refractivity contribution in [1.29, 1.82) is 0 Å². The van der Waals surface area contributed by atoms with Crippen molar-refractivity contribution in [3.05, 3.63) is 42.0 Å². The molecule has 0 aliphatic carbocycles. The number of rotatable bonds is 3. The average molecular weight is 315 g/mol. The third-order valence-electron chi connectivity index (χ3n) is 4.75. The Hall–Kier alpha value is -2.51. The number of fused-ring (bicyclic) bond motifs is 5. The third kappa shape index (κ3) is 1.68. The van der Waals surface area contributed by atoms with E-state index in [9.17, 15) is 19.5 Å². The molecule has 2 bridgehead atoms. The van der Waals surface area contributed by atoms with E-state index in [0.29, 0.717) is 0 Å². The number of benzene rings is 1. The van der Waals surface area contributed by atoms with Gasteiger partial charge in [0.05, 0.1) is 35.8 Å². The Morgan fingerprint density at radius 1 is 1.30 bits per heavy atom. The van der Waals surface area contributed by atoms with Crippen LogP contribution < -0.4 is 4.90 Å². The summed E-state index contributed by atoms with van der Waals surface area (Å²) in [7, 11) is 0. The summed E-state index contributed by atoms with van der Waals surface area (Å²) in [6.07, 6.45) is 2.80. The minimum Gasteiger partial charge on any atom is -0.478 e. The predicted molar refractivity (Wildman–Crippen MR) is 76.7 cm³/mol. The van der Waals surface area contributed by atoms with Crippen molar-refractivity contribution >= 4 is 23.5 Å². The molecule has 3 aliphatic heterocycles. The molecule has 4 rings (SSSR count). The number of ether oxygens (including phenoxy) is 1. The van der Waals surface area contributed by atoms with Gasteiger partial charge in [0.1, 0.15) is 5.60 Å². The highest BCUT2D eigenvalue weighted by atomic mass is 16.5. The van der Waals surface area contributed by atoms with E-state index in [1.807, 2.05) is 0 Å². The minimum absolute atomic E-state index is 0.00521. The van der Waals surface area contributed by atoms with Crippen LogP contribution in [0, 0.1) is 11.8 Å². The van der Waals surface area contributed by atoms with Gasteiger partial charge in [0.2, 0.25) is 11.8 Å². The van der Waals surface area contributed by atoms with Gasteiger partial charge in [-0.3, -0.25) is 9.59 Å². The molecule has 0 saturated carbocycles. The lowest BCUT2D eigenvalue weighted by Crippen LogP contribution is -2.43. The number of aliphatic hydroxyl groups excluding tert-OH is 1. The first-order chi connectivity index (χ1) is 11.0. The molecule has 1 aromatic carbocycles. The van der Waals surface area contributed by atoms with E-state index in [1.165, 1.54) is 24.3 Å². The van der Waals surface area contributed by atoms with Gasteiger partial charge in [-0.05, 0) is 18.2 Å². The van der Waals surface area contributed by atoms with E-state index < -0.39 is 41.3 Å². The topological polar surface area (TPSA) is 104 Å². The number of carboxylic acid groups (broad SMARTS) is 1. The van der Waals surface area contributed by atoms with Gasteiger partial charge in [0.25, 0.3) is 0 Å². The first kappa shape index (κ1) is 14.1. The first-order valence-electron chi connectivity index (χ1n) is 7.18. The summed E-state index contributed by atoms with van der Waals surface area (Å²) in [5, 5.41) is 18.7. The number of amides is 2. The van der Waals surface area contributed by atoms with Crippen LogP contribution in [-0.2, 0) is 14.3 Å². The molecule has 3 heterocycles. The van der Waals surface area contributed by atoms with E-state index in [2.05, 4.69) is 0 Å². The normalized spacial score (nSPS) is 34.3. The van der Waals surface area contributed by atoms with Gasteiger partial charge in [-0.15, -0.1) is 0 Å². The Balaban J connectivity index is 1.76. The molecule has 2 amide bonds. The largest absolute Gasteiger partial charge is 0.478 e. The number of carbonyl (C=O) groups is 3. The highest BCUT2D eigenvalue weighted by Crippen LogP contribution is 2.52. The van der Waals surface area contributed by atoms with Crippen LogP contribution in [0.15, 0.2) is 36.4 Å². The number of aromatic carboxylic acids is 1. The van der Waals surface area contributed by atoms with Crippen molar-refractivity contribution in [2.24, 2.45) is 11.8 Å². The molecule has 0 radical (unpaired) electrons. The second-order valence-corrected chi connectivity index (χ2v) is 5.93. The average Bonchev–Trinajstić information content (AvgIpc) is 3.18. The summed E-state index contributed by atoms with van der Waals surface area (Å²) in [4.78, 5) is 37.6. The summed E-state index contributed by atoms with van der Waals surface area (Å²) in [6, 6.07) is 5.69. The standard InChI is InChI=1S/C16H13NO6/c18-7-16-5-4-10(23-16)11-12(16)14(20)17(13(11)19)9-3-1-2-8(6-9)15(21)22/h1-6,10-12,18H,7H2,(H,21,22)/t10-,11-,12+,16-/m1/s1. The van der Waals surface area contributed by atoms with Gasteiger partial charge in [0, 0.05) is 0 Å². The smallest absolute Gasteiger partial charge is 0.335 e. The molecule has 7 nitrogen and oxygen atoms in total. The Kier molecular flexibility index (Phi) is 2.76. The van der Waals surface area contributed by atoms with Gasteiger partial charge in [-0.1, -0.05) is 18.2 Å². The molecule has 2 N–H and O–H groups in total. The van der Waals surface area contributed by atoms with E-state index >= 15 is 0 Å². The molecule has 23 heavy (non-hydrogen) atoms. The Morgan fingerprint density at radius 3 is 2.78 bits per heavy atom. The van der Waals surface area contributed by atoms with E-state index in [4.69, 9.17) is 9.84 Å². The molecular formula is C16H13NO6. The van der Waals surface area contributed by atoms with Crippen LogP contribution in [0.25, 0.3) is 0 Å². The van der Waals surface area contributed by atoms with Gasteiger partial charge in [0.15, 0.2) is 0 Å². The number of carbonyl (C=O) groups excluding carboxylic acids is 2. The second-order valence-electron chi connectivity index (χ2n) is 5.93. The van der Waals surface area contributed by atoms with Crippen LogP contribution in [0.1, 0.15) is 10.4 Å². The Morgan fingerprint density at radius 2 is 2.09 bits per heavy atom. The molecule has 2 saturated heterocycles. The molecule has 0 spiro atoms. The molecule has 0 aromatic heterocycles. The van der Waals surface area contributed by atoms with Crippen LogP contribution in [-0.4, -0.2) is 46.3 Å². The number of anilines is 1. The molecule has 0 unspecified atom stereocenters. The van der Waals surface area contributed by atoms with Gasteiger partial charge in [-0.2, -0.15) is 0 Å². The molecular weight excluding hydrogens is 302 g/mol. The van der Waals surface area contributed by atoms with Crippen LogP contribution in [0.2, 0.25) is 0 Å². The zero-order valence-electron chi connectivity index (χ0n) is 11.9. The van der Waals surface area contributed by atoms with Crippen molar-refractivity contribution in [2.45, 2.75) is 11.7 Å². The maximum Gasteiger partial charge on any atom is 0.335 e. The highest BCUT2D eigenvalue weighted by Gasteiger charge is 2.67. The molecule has 118 valence electrons. The van der Waals surface area contributed by atoms with Crippen LogP contribution in [0.3, 0.4) is 0 Å². The van der Waals surface area contributed by atoms with Crippen molar-refractivity contribution in [2.75, 3.05) is 11.5 Å². The Labute approximate surface area is 130 Å². The summed E-state index contributed by atoms with van der Waals surface area (Å²) in [5.74, 6) is -3.48. The lowest BCUT2D eigenvalue weighted by molar-refractivity contribution is -0.128. The number of hydrogen-bond donors (Lipinski definition) is 2. The number of carboxylic acids is 1. The van der Waals surface area contributed by atoms with Crippen LogP contribution in [0.4, 0.5) is 5.69 Å². The lowest BCUT2D eigenvalue weighted by atomic mass is 9.77. The minimum atomic E-state index is -1.15. The maximum atomic E-state index is 12.8. The maximum absolute atomic E-state index is 12.8. The molecule has 7 heteroatoms. The van der Waals surface area contributed by atoms with Crippen molar-refractivity contribution in [1.82, 2.24) is 0 Å². The zero-order chi connectivity index (χ0) is 16.4. The van der Waals surface area contributed by atoms with Gasteiger partial charge >= 0.3 is 5.97 Å². The monoisotopic (exact) mass is 315 g/mol. The molecule has 4 atom stereocenters. The fourth-order valence-electron chi connectivity index (χ4n) is 3.72. The number of hydrogen-bond acceptors (Lipinski definition) is 5. The zero-order valence-corrected chi connectivity index (χ0v) is 11.9. The van der Waals surface area contributed by atoms with E-state index in [-0.39, 0.29) is 17.9 Å². The SMILES string of the molecule is O=C(O)c1cccc(N2C(=O)[C@H]3[C@@H](C2=O)[C@]2(CO)C=C[C@H]3O2)c1. The fourth-order valence-corrected chi connectivity index (χ4v) is 3.72. The van der Waals surface area contributed by atoms with Crippen molar-refractivity contribution in [3.8, 4) is 0 Å². The molecule has 2 fully saturated rings. The number of aliphatic hydroxyl groups is 1. The highest BCUT2D eigenvalue weighted by molar-refractivity contribution is 6.23. The summed E-state index contributed by atoms with van der Waals surface area (Å²) >= 11 is 0. The summed E-state index contributed by atoms with van der Waals surface area (Å²) in [6.45, 7) is -0.386. The molecule has 1 aromatic rings. The second kappa shape index (κ2) is 4.50. The number of nitrogens with zero attached hydrogens (tertiary/aromatic N) is 1. The van der Waals surface area contributed by atoms with Gasteiger partial charge in [-0.25, -0.2) is 9.69 Å². The lowest BCUT2D eigenvalue weighted by Gasteiger charge is -2.26. The predicted octanol–water partition coefficient (Wildman–Crippen LogP) is 0.190. The molecule has 3 aliphatic rings. The van der Waals surface area contributed by atoms with E-state index in [1.54, 1.807) is 12.2 Å². The summed E-state index contributed by atoms with van der Waals surface area (Å²) < 4.78 is 5.64. The van der Waals surface area contributed by atoms with Crippen LogP contribution in [0.5, 0.6) is 0 Å². The van der Waals surface area contributed by atoms with Crippen molar-refractivity contribution in [3.63, 3.8) is 0 Å². The quantitative estimate of drug-likeness (QED) is 0.609. The van der Waals surface area contributed by atoms with Crippen molar-refractivity contribution < 1.29 is 29.3 Å². The fraction of sp³-hybridized carbons (Fsp3) is 0.312. The van der Waals surface area contributed by atoms with E-state index in [0.717, 1.165) is 4.90 Å². The van der Waals surface area contributed by atoms with Crippen LogP contribution >= 0.6 is 0 Å². The Bertz CT molecular complexity index is 772. The third-order valence-corrected chi connectivity index (χ3v) is 4.75.